The third kappa shape index (κ3) is 2.03. The number of methoxy groups -OCH3 is 1. The van der Waals surface area contributed by atoms with E-state index in [2.05, 4.69) is 9.72 Å². The van der Waals surface area contributed by atoms with Crippen LogP contribution in [-0.4, -0.2) is 18.1 Å². The molecule has 6 heteroatoms. The van der Waals surface area contributed by atoms with Crippen LogP contribution in [0.4, 0.5) is 14.5 Å². The fourth-order valence-electron chi connectivity index (χ4n) is 1.23. The minimum Gasteiger partial charge on any atom is -0.465 e. The first kappa shape index (κ1) is 11.4. The lowest BCUT2D eigenvalue weighted by Gasteiger charge is -2.11. The monoisotopic (exact) mass is 216 g/mol. The summed E-state index contributed by atoms with van der Waals surface area (Å²) in [4.78, 5) is 15.0. The number of carbonyl (C=O) groups is 1. The summed E-state index contributed by atoms with van der Waals surface area (Å²) >= 11 is 0. The van der Waals surface area contributed by atoms with Crippen molar-refractivity contribution in [2.75, 3.05) is 12.8 Å². The molecule has 1 aromatic rings. The van der Waals surface area contributed by atoms with Gasteiger partial charge in [0.1, 0.15) is 0 Å². The topological polar surface area (TPSA) is 65.2 Å². The Morgan fingerprint density at radius 1 is 1.60 bits per heavy atom. The predicted octanol–water partition coefficient (Wildman–Crippen LogP) is 1.70. The Hall–Kier alpha value is -1.72. The van der Waals surface area contributed by atoms with Crippen molar-refractivity contribution in [2.45, 2.75) is 13.3 Å². The van der Waals surface area contributed by atoms with E-state index < -0.39 is 18.0 Å². The number of aryl methyl sites for hydroxylation is 1. The van der Waals surface area contributed by atoms with Gasteiger partial charge in [0.25, 0.3) is 6.43 Å². The Kier molecular flexibility index (Phi) is 3.18. The van der Waals surface area contributed by atoms with Crippen molar-refractivity contribution in [2.24, 2.45) is 0 Å². The highest BCUT2D eigenvalue weighted by Crippen LogP contribution is 2.29. The lowest BCUT2D eigenvalue weighted by Crippen LogP contribution is -2.12. The van der Waals surface area contributed by atoms with Crippen LogP contribution < -0.4 is 5.73 Å². The van der Waals surface area contributed by atoms with Gasteiger partial charge < -0.3 is 10.5 Å². The number of carbonyl (C=O) groups excluding carboxylic acids is 1. The smallest absolute Gasteiger partial charge is 0.340 e. The van der Waals surface area contributed by atoms with Crippen LogP contribution in [0.25, 0.3) is 0 Å². The largest absolute Gasteiger partial charge is 0.465 e. The number of nitrogen functional groups attached to an aromatic ring is 1. The summed E-state index contributed by atoms with van der Waals surface area (Å²) in [6.45, 7) is 1.44. The maximum atomic E-state index is 12.6. The Bertz CT molecular complexity index is 394. The Labute approximate surface area is 85.1 Å². The van der Waals surface area contributed by atoms with Crippen molar-refractivity contribution in [3.8, 4) is 0 Å². The summed E-state index contributed by atoms with van der Waals surface area (Å²) in [5, 5.41) is 0. The highest BCUT2D eigenvalue weighted by atomic mass is 19.3. The number of pyridine rings is 1. The number of rotatable bonds is 2. The molecule has 0 saturated carbocycles. The first-order valence-electron chi connectivity index (χ1n) is 4.10. The van der Waals surface area contributed by atoms with Crippen LogP contribution in [-0.2, 0) is 4.74 Å². The molecule has 1 rings (SSSR count). The molecule has 0 saturated heterocycles. The molecule has 0 radical (unpaired) electrons. The second kappa shape index (κ2) is 4.20. The van der Waals surface area contributed by atoms with Crippen LogP contribution in [0.3, 0.4) is 0 Å². The number of hydrogen-bond donors (Lipinski definition) is 1. The second-order valence-corrected chi connectivity index (χ2v) is 2.88. The third-order valence-electron chi connectivity index (χ3n) is 1.95. The quantitative estimate of drug-likeness (QED) is 0.764. The molecule has 0 spiro atoms. The average molecular weight is 216 g/mol. The molecular weight excluding hydrogens is 206 g/mol. The number of halogens is 2. The third-order valence-corrected chi connectivity index (χ3v) is 1.95. The number of alkyl halides is 2. The van der Waals surface area contributed by atoms with Gasteiger partial charge in [0.15, 0.2) is 0 Å². The molecule has 0 aliphatic carbocycles. The first-order chi connectivity index (χ1) is 6.99. The van der Waals surface area contributed by atoms with E-state index in [1.165, 1.54) is 6.92 Å². The molecule has 0 amide bonds. The lowest BCUT2D eigenvalue weighted by molar-refractivity contribution is 0.0588. The summed E-state index contributed by atoms with van der Waals surface area (Å²) in [6.07, 6.45) is -1.73. The normalized spacial score (nSPS) is 10.5. The Morgan fingerprint density at radius 3 is 2.67 bits per heavy atom. The molecule has 0 fully saturated rings. The van der Waals surface area contributed by atoms with E-state index in [1.807, 2.05) is 0 Å². The van der Waals surface area contributed by atoms with Crippen molar-refractivity contribution in [1.82, 2.24) is 4.98 Å². The van der Waals surface area contributed by atoms with Gasteiger partial charge in [-0.2, -0.15) is 0 Å². The number of ether oxygens (including phenoxy) is 1. The second-order valence-electron chi connectivity index (χ2n) is 2.88. The number of nitrogens with zero attached hydrogens (tertiary/aromatic N) is 1. The van der Waals surface area contributed by atoms with Gasteiger partial charge in [-0.15, -0.1) is 0 Å². The zero-order valence-corrected chi connectivity index (χ0v) is 8.25. The highest BCUT2D eigenvalue weighted by Gasteiger charge is 2.24. The molecule has 1 heterocycles. The zero-order chi connectivity index (χ0) is 11.6. The van der Waals surface area contributed by atoms with Crippen molar-refractivity contribution in [3.63, 3.8) is 0 Å². The molecule has 0 aromatic carbocycles. The van der Waals surface area contributed by atoms with E-state index in [0.717, 1.165) is 13.3 Å². The van der Waals surface area contributed by atoms with E-state index in [0.29, 0.717) is 0 Å². The summed E-state index contributed by atoms with van der Waals surface area (Å²) in [5.74, 6) is -0.859. The van der Waals surface area contributed by atoms with Gasteiger partial charge in [0.05, 0.1) is 35.8 Å². The van der Waals surface area contributed by atoms with Crippen molar-refractivity contribution in [3.05, 3.63) is 23.0 Å². The van der Waals surface area contributed by atoms with E-state index in [1.54, 1.807) is 0 Å². The standard InChI is InChI=1S/C9H10F2N2O2/c1-4-6(9(14)15-2)7(8(10)11)5(12)3-13-4/h3,8H,12H2,1-2H3. The van der Waals surface area contributed by atoms with Crippen molar-refractivity contribution >= 4 is 11.7 Å². The minimum absolute atomic E-state index is 0.173. The van der Waals surface area contributed by atoms with E-state index in [-0.39, 0.29) is 16.9 Å². The van der Waals surface area contributed by atoms with Crippen LogP contribution >= 0.6 is 0 Å². The Balaban J connectivity index is 3.45. The van der Waals surface area contributed by atoms with Crippen LogP contribution in [0.5, 0.6) is 0 Å². The van der Waals surface area contributed by atoms with Gasteiger partial charge in [0.2, 0.25) is 0 Å². The van der Waals surface area contributed by atoms with E-state index >= 15 is 0 Å². The van der Waals surface area contributed by atoms with Gasteiger partial charge >= 0.3 is 5.97 Å². The molecule has 4 nitrogen and oxygen atoms in total. The van der Waals surface area contributed by atoms with Gasteiger partial charge in [0, 0.05) is 0 Å². The molecule has 0 aliphatic heterocycles. The fraction of sp³-hybridized carbons (Fsp3) is 0.333. The van der Waals surface area contributed by atoms with Crippen LogP contribution in [0.2, 0.25) is 0 Å². The molecule has 15 heavy (non-hydrogen) atoms. The fourth-order valence-corrected chi connectivity index (χ4v) is 1.23. The average Bonchev–Trinajstić information content (AvgIpc) is 2.19. The van der Waals surface area contributed by atoms with E-state index in [4.69, 9.17) is 5.73 Å². The van der Waals surface area contributed by atoms with Crippen molar-refractivity contribution < 1.29 is 18.3 Å². The SMILES string of the molecule is COC(=O)c1c(C)ncc(N)c1C(F)F. The van der Waals surface area contributed by atoms with Gasteiger partial charge in [-0.1, -0.05) is 0 Å². The lowest BCUT2D eigenvalue weighted by atomic mass is 10.1. The number of hydrogen-bond acceptors (Lipinski definition) is 4. The molecule has 0 aliphatic rings. The van der Waals surface area contributed by atoms with Gasteiger partial charge in [-0.3, -0.25) is 4.98 Å². The number of aromatic nitrogens is 1. The Morgan fingerprint density at radius 2 is 2.20 bits per heavy atom. The number of esters is 1. The van der Waals surface area contributed by atoms with Crippen LogP contribution in [0, 0.1) is 6.92 Å². The number of anilines is 1. The maximum absolute atomic E-state index is 12.6. The molecule has 0 atom stereocenters. The van der Waals surface area contributed by atoms with Gasteiger partial charge in [-0.05, 0) is 6.92 Å². The zero-order valence-electron chi connectivity index (χ0n) is 8.25. The molecule has 0 bridgehead atoms. The van der Waals surface area contributed by atoms with E-state index in [9.17, 15) is 13.6 Å². The van der Waals surface area contributed by atoms with Crippen LogP contribution in [0.1, 0.15) is 28.0 Å². The molecule has 82 valence electrons. The highest BCUT2D eigenvalue weighted by molar-refractivity contribution is 5.93. The van der Waals surface area contributed by atoms with Crippen LogP contribution in [0.15, 0.2) is 6.20 Å². The van der Waals surface area contributed by atoms with Gasteiger partial charge in [-0.25, -0.2) is 13.6 Å². The maximum Gasteiger partial charge on any atom is 0.340 e. The van der Waals surface area contributed by atoms with Crippen molar-refractivity contribution in [1.29, 1.82) is 0 Å². The summed E-state index contributed by atoms with van der Waals surface area (Å²) in [6, 6.07) is 0. The molecule has 2 N–H and O–H groups in total. The molecule has 0 unspecified atom stereocenters. The molecular formula is C9H10F2N2O2. The number of nitrogens with two attached hydrogens (primary N) is 1. The molecule has 1 aromatic heterocycles. The first-order valence-corrected chi connectivity index (χ1v) is 4.10. The predicted molar refractivity (Wildman–Crippen MR) is 49.7 cm³/mol. The minimum atomic E-state index is -2.83. The summed E-state index contributed by atoms with van der Waals surface area (Å²) < 4.78 is 29.7. The summed E-state index contributed by atoms with van der Waals surface area (Å²) in [7, 11) is 1.11. The summed E-state index contributed by atoms with van der Waals surface area (Å²) in [5.41, 5.74) is 4.52.